The smallest absolute Gasteiger partial charge is 0.221 e. The van der Waals surface area contributed by atoms with Gasteiger partial charge in [-0.3, -0.25) is 4.79 Å². The van der Waals surface area contributed by atoms with Gasteiger partial charge in [-0.05, 0) is 49.5 Å². The van der Waals surface area contributed by atoms with Gasteiger partial charge in [0, 0.05) is 0 Å². The van der Waals surface area contributed by atoms with E-state index in [0.717, 1.165) is 31.0 Å². The first kappa shape index (κ1) is 12.9. The van der Waals surface area contributed by atoms with Crippen molar-refractivity contribution in [3.05, 3.63) is 29.8 Å². The second kappa shape index (κ2) is 6.40. The zero-order chi connectivity index (χ0) is 12.8. The Morgan fingerprint density at radius 3 is 2.56 bits per heavy atom. The summed E-state index contributed by atoms with van der Waals surface area (Å²) in [4.78, 5) is 10.8. The lowest BCUT2D eigenvalue weighted by molar-refractivity contribution is -0.117. The molecular formula is C14H20N2O2. The highest BCUT2D eigenvalue weighted by Crippen LogP contribution is 2.17. The highest BCUT2D eigenvalue weighted by atomic mass is 16.5. The van der Waals surface area contributed by atoms with E-state index in [9.17, 15) is 4.79 Å². The number of amides is 1. The Bertz CT molecular complexity index is 383. The first-order valence-electron chi connectivity index (χ1n) is 6.45. The number of primary amides is 1. The summed E-state index contributed by atoms with van der Waals surface area (Å²) in [5, 5.41) is 3.34. The SMILES string of the molecule is NC(=O)Cc1ccc(OCC2CCNCC2)cc1. The van der Waals surface area contributed by atoms with Crippen LogP contribution < -0.4 is 15.8 Å². The summed E-state index contributed by atoms with van der Waals surface area (Å²) < 4.78 is 5.76. The fraction of sp³-hybridized carbons (Fsp3) is 0.500. The molecule has 18 heavy (non-hydrogen) atoms. The molecule has 1 saturated heterocycles. The van der Waals surface area contributed by atoms with Gasteiger partial charge in [0.2, 0.25) is 5.91 Å². The largest absolute Gasteiger partial charge is 0.493 e. The van der Waals surface area contributed by atoms with Gasteiger partial charge in [-0.25, -0.2) is 0 Å². The molecule has 1 aromatic rings. The van der Waals surface area contributed by atoms with Crippen LogP contribution in [0.15, 0.2) is 24.3 Å². The van der Waals surface area contributed by atoms with Gasteiger partial charge >= 0.3 is 0 Å². The molecule has 0 aromatic heterocycles. The van der Waals surface area contributed by atoms with Gasteiger partial charge in [0.25, 0.3) is 0 Å². The number of nitrogens with one attached hydrogen (secondary N) is 1. The van der Waals surface area contributed by atoms with Crippen LogP contribution in [0.1, 0.15) is 18.4 Å². The van der Waals surface area contributed by atoms with Crippen LogP contribution in [0, 0.1) is 5.92 Å². The Morgan fingerprint density at radius 2 is 1.94 bits per heavy atom. The van der Waals surface area contributed by atoms with E-state index in [1.165, 1.54) is 12.8 Å². The molecule has 3 N–H and O–H groups in total. The van der Waals surface area contributed by atoms with Crippen molar-refractivity contribution < 1.29 is 9.53 Å². The average Bonchev–Trinajstić information content (AvgIpc) is 2.38. The molecule has 4 heteroatoms. The van der Waals surface area contributed by atoms with Crippen molar-refractivity contribution in [3.8, 4) is 5.75 Å². The maximum absolute atomic E-state index is 10.8. The number of hydrogen-bond acceptors (Lipinski definition) is 3. The summed E-state index contributed by atoms with van der Waals surface area (Å²) in [6, 6.07) is 7.59. The van der Waals surface area contributed by atoms with Crippen LogP contribution >= 0.6 is 0 Å². The van der Waals surface area contributed by atoms with Gasteiger partial charge in [0.1, 0.15) is 5.75 Å². The molecule has 1 amide bonds. The predicted octanol–water partition coefficient (Wildman–Crippen LogP) is 1.09. The van der Waals surface area contributed by atoms with Gasteiger partial charge in [0.05, 0.1) is 13.0 Å². The summed E-state index contributed by atoms with van der Waals surface area (Å²) in [7, 11) is 0. The molecule has 0 unspecified atom stereocenters. The van der Waals surface area contributed by atoms with Crippen molar-refractivity contribution in [1.29, 1.82) is 0 Å². The number of nitrogens with two attached hydrogens (primary N) is 1. The van der Waals surface area contributed by atoms with Gasteiger partial charge in [-0.2, -0.15) is 0 Å². The molecule has 4 nitrogen and oxygen atoms in total. The van der Waals surface area contributed by atoms with Crippen molar-refractivity contribution in [1.82, 2.24) is 5.32 Å². The van der Waals surface area contributed by atoms with E-state index >= 15 is 0 Å². The number of piperidine rings is 1. The maximum atomic E-state index is 10.8. The Balaban J connectivity index is 1.80. The van der Waals surface area contributed by atoms with Gasteiger partial charge in [-0.15, -0.1) is 0 Å². The van der Waals surface area contributed by atoms with E-state index in [1.54, 1.807) is 0 Å². The summed E-state index contributed by atoms with van der Waals surface area (Å²) in [5.41, 5.74) is 6.07. The topological polar surface area (TPSA) is 64.4 Å². The molecule has 98 valence electrons. The van der Waals surface area contributed by atoms with E-state index in [-0.39, 0.29) is 12.3 Å². The molecule has 0 atom stereocenters. The van der Waals surface area contributed by atoms with Crippen LogP contribution in [0.3, 0.4) is 0 Å². The van der Waals surface area contributed by atoms with Gasteiger partial charge < -0.3 is 15.8 Å². The van der Waals surface area contributed by atoms with Crippen LogP contribution in [0.5, 0.6) is 5.75 Å². The highest BCUT2D eigenvalue weighted by Gasteiger charge is 2.13. The quantitative estimate of drug-likeness (QED) is 0.820. The van der Waals surface area contributed by atoms with Crippen molar-refractivity contribution in [2.45, 2.75) is 19.3 Å². The molecule has 1 aromatic carbocycles. The zero-order valence-corrected chi connectivity index (χ0v) is 10.5. The number of hydrogen-bond donors (Lipinski definition) is 2. The first-order valence-corrected chi connectivity index (χ1v) is 6.45. The average molecular weight is 248 g/mol. The van der Waals surface area contributed by atoms with Gasteiger partial charge in [0.15, 0.2) is 0 Å². The monoisotopic (exact) mass is 248 g/mol. The third kappa shape index (κ3) is 4.04. The zero-order valence-electron chi connectivity index (χ0n) is 10.5. The van der Waals surface area contributed by atoms with E-state index in [1.807, 2.05) is 24.3 Å². The van der Waals surface area contributed by atoms with Crippen LogP contribution in [-0.4, -0.2) is 25.6 Å². The van der Waals surface area contributed by atoms with Crippen molar-refractivity contribution in [2.75, 3.05) is 19.7 Å². The molecule has 1 aliphatic heterocycles. The fourth-order valence-electron chi connectivity index (χ4n) is 2.17. The van der Waals surface area contributed by atoms with Crippen molar-refractivity contribution in [3.63, 3.8) is 0 Å². The number of rotatable bonds is 5. The maximum Gasteiger partial charge on any atom is 0.221 e. The summed E-state index contributed by atoms with van der Waals surface area (Å²) in [6.45, 7) is 2.95. The van der Waals surface area contributed by atoms with E-state index in [0.29, 0.717) is 5.92 Å². The minimum absolute atomic E-state index is 0.286. The number of benzene rings is 1. The van der Waals surface area contributed by atoms with Crippen LogP contribution in [0.2, 0.25) is 0 Å². The minimum Gasteiger partial charge on any atom is -0.493 e. The second-order valence-corrected chi connectivity index (χ2v) is 4.79. The Kier molecular flexibility index (Phi) is 4.59. The minimum atomic E-state index is -0.307. The van der Waals surface area contributed by atoms with E-state index < -0.39 is 0 Å². The molecule has 1 heterocycles. The molecular weight excluding hydrogens is 228 g/mol. The second-order valence-electron chi connectivity index (χ2n) is 4.79. The molecule has 0 saturated carbocycles. The number of ether oxygens (including phenoxy) is 1. The first-order chi connectivity index (χ1) is 8.74. The summed E-state index contributed by atoms with van der Waals surface area (Å²) >= 11 is 0. The molecule has 0 aliphatic carbocycles. The number of carbonyl (C=O) groups excluding carboxylic acids is 1. The Hall–Kier alpha value is -1.55. The van der Waals surface area contributed by atoms with Gasteiger partial charge in [-0.1, -0.05) is 12.1 Å². The summed E-state index contributed by atoms with van der Waals surface area (Å²) in [6.07, 6.45) is 2.65. The fourth-order valence-corrected chi connectivity index (χ4v) is 2.17. The highest BCUT2D eigenvalue weighted by molar-refractivity contribution is 5.76. The normalized spacial score (nSPS) is 16.4. The Morgan fingerprint density at radius 1 is 1.28 bits per heavy atom. The van der Waals surface area contributed by atoms with Crippen LogP contribution in [-0.2, 0) is 11.2 Å². The lowest BCUT2D eigenvalue weighted by Crippen LogP contribution is -2.30. The molecule has 2 rings (SSSR count). The lowest BCUT2D eigenvalue weighted by Gasteiger charge is -2.22. The van der Waals surface area contributed by atoms with Crippen LogP contribution in [0.25, 0.3) is 0 Å². The predicted molar refractivity (Wildman–Crippen MR) is 70.4 cm³/mol. The van der Waals surface area contributed by atoms with E-state index in [2.05, 4.69) is 5.32 Å². The molecule has 0 bridgehead atoms. The molecule has 0 spiro atoms. The number of carbonyl (C=O) groups is 1. The third-order valence-electron chi connectivity index (χ3n) is 3.25. The van der Waals surface area contributed by atoms with Crippen LogP contribution in [0.4, 0.5) is 0 Å². The van der Waals surface area contributed by atoms with Crippen molar-refractivity contribution >= 4 is 5.91 Å². The summed E-state index contributed by atoms with van der Waals surface area (Å²) in [5.74, 6) is 1.21. The van der Waals surface area contributed by atoms with Crippen molar-refractivity contribution in [2.24, 2.45) is 11.7 Å². The Labute approximate surface area is 108 Å². The molecule has 1 aliphatic rings. The molecule has 1 fully saturated rings. The molecule has 0 radical (unpaired) electrons. The third-order valence-corrected chi connectivity index (χ3v) is 3.25. The lowest BCUT2D eigenvalue weighted by atomic mass is 9.99. The standard InChI is InChI=1S/C14H20N2O2/c15-14(17)9-11-1-3-13(4-2-11)18-10-12-5-7-16-8-6-12/h1-4,12,16H,5-10H2,(H2,15,17). The van der Waals surface area contributed by atoms with E-state index in [4.69, 9.17) is 10.5 Å².